The van der Waals surface area contributed by atoms with Gasteiger partial charge in [-0.25, -0.2) is 4.98 Å². The quantitative estimate of drug-likeness (QED) is 0.854. The summed E-state index contributed by atoms with van der Waals surface area (Å²) in [4.78, 5) is 34.6. The largest absolute Gasteiger partial charge is 0.396 e. The minimum Gasteiger partial charge on any atom is -0.396 e. The summed E-state index contributed by atoms with van der Waals surface area (Å²) in [6.07, 6.45) is 3.38. The van der Waals surface area contributed by atoms with Gasteiger partial charge in [0.1, 0.15) is 0 Å². The fourth-order valence-corrected chi connectivity index (χ4v) is 4.65. The first-order chi connectivity index (χ1) is 13.6. The summed E-state index contributed by atoms with van der Waals surface area (Å²) >= 11 is 0. The first-order valence-electron chi connectivity index (χ1n) is 10.1. The smallest absolute Gasteiger partial charge is 0.282 e. The lowest BCUT2D eigenvalue weighted by molar-refractivity contribution is 0.0458. The second-order valence-corrected chi connectivity index (χ2v) is 8.18. The van der Waals surface area contributed by atoms with Gasteiger partial charge in [0.2, 0.25) is 0 Å². The zero-order valence-corrected chi connectivity index (χ0v) is 16.4. The summed E-state index contributed by atoms with van der Waals surface area (Å²) < 4.78 is 1.49. The van der Waals surface area contributed by atoms with E-state index in [-0.39, 0.29) is 29.7 Å². The molecule has 2 aliphatic heterocycles. The number of carbonyl (C=O) groups is 1. The molecule has 0 unspecified atom stereocenters. The lowest BCUT2D eigenvalue weighted by Gasteiger charge is -2.38. The maximum absolute atomic E-state index is 13.2. The number of carbonyl (C=O) groups excluding carboxylic acids is 1. The van der Waals surface area contributed by atoms with Gasteiger partial charge in [-0.2, -0.15) is 0 Å². The molecule has 2 fully saturated rings. The number of rotatable bonds is 4. The number of fused-ring (bicyclic) bond motifs is 1. The topological polar surface area (TPSA) is 78.7 Å². The molecule has 2 atom stereocenters. The summed E-state index contributed by atoms with van der Waals surface area (Å²) in [6.45, 7) is 4.32. The van der Waals surface area contributed by atoms with Crippen LogP contribution in [0.25, 0.3) is 11.0 Å². The lowest BCUT2D eigenvalue weighted by Crippen LogP contribution is -2.49. The zero-order valence-electron chi connectivity index (χ0n) is 16.4. The van der Waals surface area contributed by atoms with Crippen molar-refractivity contribution < 1.29 is 9.90 Å². The number of benzene rings is 1. The van der Waals surface area contributed by atoms with E-state index in [1.54, 1.807) is 11.9 Å². The van der Waals surface area contributed by atoms with E-state index in [1.807, 2.05) is 24.3 Å². The number of para-hydroxylation sites is 2. The van der Waals surface area contributed by atoms with Crippen LogP contribution in [0.3, 0.4) is 0 Å². The van der Waals surface area contributed by atoms with Crippen LogP contribution in [-0.4, -0.2) is 69.7 Å². The Kier molecular flexibility index (Phi) is 5.46. The van der Waals surface area contributed by atoms with Gasteiger partial charge in [0, 0.05) is 33.3 Å². The molecule has 0 radical (unpaired) electrons. The maximum Gasteiger partial charge on any atom is 0.282 e. The van der Waals surface area contributed by atoms with Crippen molar-refractivity contribution in [2.24, 2.45) is 18.9 Å². The number of hydrogen-bond donors (Lipinski definition) is 1. The maximum atomic E-state index is 13.2. The molecule has 1 N–H and O–H groups in total. The van der Waals surface area contributed by atoms with Crippen molar-refractivity contribution in [3.05, 3.63) is 40.3 Å². The Labute approximate surface area is 164 Å². The molecule has 0 aliphatic carbocycles. The molecule has 2 aromatic rings. The lowest BCUT2D eigenvalue weighted by atomic mass is 9.89. The number of aliphatic hydroxyl groups excluding tert-OH is 1. The normalized spacial score (nSPS) is 23.4. The second kappa shape index (κ2) is 8.01. The van der Waals surface area contributed by atoms with E-state index in [4.69, 9.17) is 0 Å². The monoisotopic (exact) mass is 384 g/mol. The Balaban J connectivity index is 1.60. The summed E-state index contributed by atoms with van der Waals surface area (Å²) in [5.74, 6) is 0.0443. The van der Waals surface area contributed by atoms with Crippen molar-refractivity contribution in [2.45, 2.75) is 19.3 Å². The van der Waals surface area contributed by atoms with Gasteiger partial charge in [-0.3, -0.25) is 9.59 Å². The highest BCUT2D eigenvalue weighted by Crippen LogP contribution is 2.25. The SMILES string of the molecule is Cn1c(=O)c(C(=O)N2C[C@H](CO)C[C@H](CN3CCCC3)C2)nc2ccccc21. The average molecular weight is 384 g/mol. The standard InChI is InChI=1S/C21H28N4O3/c1-23-18-7-3-2-6-17(18)22-19(20(23)27)21(28)25-12-15(10-16(13-25)14-26)11-24-8-4-5-9-24/h2-3,6-7,15-16,26H,4-5,8-14H2,1H3/t15-,16-/m1/s1. The van der Waals surface area contributed by atoms with Gasteiger partial charge in [-0.05, 0) is 56.3 Å². The van der Waals surface area contributed by atoms with Crippen molar-refractivity contribution in [3.63, 3.8) is 0 Å². The Hall–Kier alpha value is -2.25. The predicted octanol–water partition coefficient (Wildman–Crippen LogP) is 1.10. The van der Waals surface area contributed by atoms with Crippen LogP contribution in [0.15, 0.2) is 29.1 Å². The molecule has 3 heterocycles. The molecule has 1 aromatic heterocycles. The fraction of sp³-hybridized carbons (Fsp3) is 0.571. The highest BCUT2D eigenvalue weighted by Gasteiger charge is 2.33. The number of amides is 1. The molecule has 1 amide bonds. The number of likely N-dealkylation sites (tertiary alicyclic amines) is 2. The Morgan fingerprint density at radius 3 is 2.64 bits per heavy atom. The molecule has 0 bridgehead atoms. The number of hydrogen-bond acceptors (Lipinski definition) is 5. The number of piperidine rings is 1. The molecule has 150 valence electrons. The number of aryl methyl sites for hydroxylation is 1. The number of aliphatic hydroxyl groups is 1. The summed E-state index contributed by atoms with van der Waals surface area (Å²) in [7, 11) is 1.67. The summed E-state index contributed by atoms with van der Waals surface area (Å²) in [5, 5.41) is 9.75. The summed E-state index contributed by atoms with van der Waals surface area (Å²) in [6, 6.07) is 7.34. The van der Waals surface area contributed by atoms with E-state index < -0.39 is 0 Å². The van der Waals surface area contributed by atoms with Crippen molar-refractivity contribution in [1.29, 1.82) is 0 Å². The molecule has 4 rings (SSSR count). The van der Waals surface area contributed by atoms with E-state index in [1.165, 1.54) is 17.4 Å². The van der Waals surface area contributed by atoms with Crippen LogP contribution in [-0.2, 0) is 7.05 Å². The molecule has 0 saturated carbocycles. The Morgan fingerprint density at radius 2 is 1.89 bits per heavy atom. The van der Waals surface area contributed by atoms with Crippen LogP contribution in [0, 0.1) is 11.8 Å². The highest BCUT2D eigenvalue weighted by molar-refractivity contribution is 5.94. The predicted molar refractivity (Wildman–Crippen MR) is 107 cm³/mol. The van der Waals surface area contributed by atoms with Crippen molar-refractivity contribution >= 4 is 16.9 Å². The van der Waals surface area contributed by atoms with Crippen LogP contribution >= 0.6 is 0 Å². The molecule has 7 nitrogen and oxygen atoms in total. The molecule has 2 aliphatic rings. The van der Waals surface area contributed by atoms with Crippen LogP contribution in [0.5, 0.6) is 0 Å². The zero-order chi connectivity index (χ0) is 19.7. The van der Waals surface area contributed by atoms with Gasteiger partial charge in [0.25, 0.3) is 11.5 Å². The second-order valence-electron chi connectivity index (χ2n) is 8.18. The van der Waals surface area contributed by atoms with Gasteiger partial charge in [-0.1, -0.05) is 12.1 Å². The third-order valence-corrected chi connectivity index (χ3v) is 6.07. The van der Waals surface area contributed by atoms with E-state index >= 15 is 0 Å². The summed E-state index contributed by atoms with van der Waals surface area (Å²) in [5.41, 5.74) is 0.950. The van der Waals surface area contributed by atoms with Gasteiger partial charge in [0.15, 0.2) is 5.69 Å². The molecular formula is C21H28N4O3. The minimum atomic E-state index is -0.370. The highest BCUT2D eigenvalue weighted by atomic mass is 16.3. The van der Waals surface area contributed by atoms with Crippen LogP contribution in [0.1, 0.15) is 29.8 Å². The van der Waals surface area contributed by atoms with Gasteiger partial charge in [-0.15, -0.1) is 0 Å². The first-order valence-corrected chi connectivity index (χ1v) is 10.1. The molecule has 0 spiro atoms. The van der Waals surface area contributed by atoms with Gasteiger partial charge >= 0.3 is 0 Å². The first kappa shape index (κ1) is 19.1. The third kappa shape index (κ3) is 3.69. The molecule has 1 aromatic carbocycles. The van der Waals surface area contributed by atoms with Crippen molar-refractivity contribution in [3.8, 4) is 0 Å². The number of nitrogens with zero attached hydrogens (tertiary/aromatic N) is 4. The van der Waals surface area contributed by atoms with Gasteiger partial charge in [0.05, 0.1) is 11.0 Å². The minimum absolute atomic E-state index is 0.0280. The average Bonchev–Trinajstić information content (AvgIpc) is 3.23. The molecule has 28 heavy (non-hydrogen) atoms. The Bertz CT molecular complexity index is 919. The van der Waals surface area contributed by atoms with Crippen LogP contribution < -0.4 is 5.56 Å². The van der Waals surface area contributed by atoms with Crippen molar-refractivity contribution in [2.75, 3.05) is 39.3 Å². The Morgan fingerprint density at radius 1 is 1.18 bits per heavy atom. The van der Waals surface area contributed by atoms with E-state index in [0.29, 0.717) is 30.0 Å². The van der Waals surface area contributed by atoms with E-state index in [2.05, 4.69) is 9.88 Å². The van der Waals surface area contributed by atoms with Crippen LogP contribution in [0.2, 0.25) is 0 Å². The van der Waals surface area contributed by atoms with Crippen molar-refractivity contribution in [1.82, 2.24) is 19.4 Å². The third-order valence-electron chi connectivity index (χ3n) is 6.07. The van der Waals surface area contributed by atoms with Crippen LogP contribution in [0.4, 0.5) is 0 Å². The molecule has 2 saturated heterocycles. The molecular weight excluding hydrogens is 356 g/mol. The van der Waals surface area contributed by atoms with E-state index in [0.717, 1.165) is 26.1 Å². The fourth-order valence-electron chi connectivity index (χ4n) is 4.65. The molecule has 7 heteroatoms. The van der Waals surface area contributed by atoms with E-state index in [9.17, 15) is 14.7 Å². The van der Waals surface area contributed by atoms with Gasteiger partial charge < -0.3 is 19.5 Å². The number of aromatic nitrogens is 2.